The van der Waals surface area contributed by atoms with Gasteiger partial charge in [0.15, 0.2) is 0 Å². The van der Waals surface area contributed by atoms with Crippen molar-refractivity contribution in [1.29, 1.82) is 0 Å². The molecular weight excluding hydrogens is 453 g/mol. The minimum Gasteiger partial charge on any atom is -0.399 e. The molecule has 1 aromatic heterocycles. The highest BCUT2D eigenvalue weighted by atomic mass is 19.1. The zero-order chi connectivity index (χ0) is 25.8. The molecule has 0 spiro atoms. The van der Waals surface area contributed by atoms with Crippen LogP contribution in [0.15, 0.2) is 71.9 Å². The average Bonchev–Trinajstić information content (AvgIpc) is 3.19. The van der Waals surface area contributed by atoms with Gasteiger partial charge < -0.3 is 14.7 Å². The van der Waals surface area contributed by atoms with Gasteiger partial charge in [-0.25, -0.2) is 4.39 Å². The van der Waals surface area contributed by atoms with Crippen molar-refractivity contribution in [2.24, 2.45) is 5.16 Å². The third-order valence-electron chi connectivity index (χ3n) is 6.40. The first-order valence-electron chi connectivity index (χ1n) is 12.1. The number of carbonyl (C=O) groups is 1. The minimum absolute atomic E-state index is 0.0934. The number of oxime groups is 1. The molecule has 5 nitrogen and oxygen atoms in total. The first-order valence-corrected chi connectivity index (χ1v) is 12.1. The predicted octanol–water partition coefficient (Wildman–Crippen LogP) is 6.56. The second-order valence-corrected chi connectivity index (χ2v) is 9.34. The Morgan fingerprint density at radius 1 is 1.06 bits per heavy atom. The summed E-state index contributed by atoms with van der Waals surface area (Å²) in [6.07, 6.45) is 0. The van der Waals surface area contributed by atoms with Crippen molar-refractivity contribution in [1.82, 2.24) is 9.88 Å². The maximum Gasteiger partial charge on any atom is 0.254 e. The van der Waals surface area contributed by atoms with Gasteiger partial charge in [-0.2, -0.15) is 0 Å². The second-order valence-electron chi connectivity index (χ2n) is 9.34. The molecule has 0 fully saturated rings. The van der Waals surface area contributed by atoms with Gasteiger partial charge in [0.2, 0.25) is 0 Å². The predicted molar refractivity (Wildman–Crippen MR) is 143 cm³/mol. The molecule has 1 N–H and O–H groups in total. The summed E-state index contributed by atoms with van der Waals surface area (Å²) in [4.78, 5) is 18.6. The van der Waals surface area contributed by atoms with Crippen molar-refractivity contribution >= 4 is 22.5 Å². The normalized spacial score (nSPS) is 11.8. The molecule has 186 valence electrons. The van der Waals surface area contributed by atoms with Crippen LogP contribution in [-0.2, 0) is 17.9 Å². The molecule has 4 rings (SSSR count). The number of nitrogens with zero attached hydrogens (tertiary/aromatic N) is 2. The Labute approximate surface area is 211 Å². The summed E-state index contributed by atoms with van der Waals surface area (Å²) in [7, 11) is 1.53. The molecule has 0 saturated heterocycles. The third-order valence-corrected chi connectivity index (χ3v) is 6.40. The van der Waals surface area contributed by atoms with E-state index in [0.29, 0.717) is 17.7 Å². The number of nitrogens with one attached hydrogen (secondary N) is 1. The van der Waals surface area contributed by atoms with Gasteiger partial charge in [0.1, 0.15) is 12.9 Å². The number of aromatic nitrogens is 1. The lowest BCUT2D eigenvalue weighted by Crippen LogP contribution is -2.24. The lowest BCUT2D eigenvalue weighted by atomic mass is 10.0. The van der Waals surface area contributed by atoms with Crippen LogP contribution in [0.25, 0.3) is 10.9 Å². The number of hydrogen-bond acceptors (Lipinski definition) is 3. The minimum atomic E-state index is -0.273. The van der Waals surface area contributed by atoms with Crippen LogP contribution >= 0.6 is 0 Å². The number of benzene rings is 3. The van der Waals surface area contributed by atoms with Gasteiger partial charge in [-0.05, 0) is 48.6 Å². The maximum atomic E-state index is 14.0. The van der Waals surface area contributed by atoms with Crippen LogP contribution in [0.3, 0.4) is 0 Å². The van der Waals surface area contributed by atoms with E-state index in [2.05, 4.69) is 47.1 Å². The van der Waals surface area contributed by atoms with Crippen molar-refractivity contribution in [3.05, 3.63) is 106 Å². The number of halogens is 1. The van der Waals surface area contributed by atoms with Crippen molar-refractivity contribution in [3.63, 3.8) is 0 Å². The van der Waals surface area contributed by atoms with E-state index >= 15 is 0 Å². The first kappa shape index (κ1) is 25.2. The van der Waals surface area contributed by atoms with E-state index in [9.17, 15) is 9.18 Å². The van der Waals surface area contributed by atoms with E-state index in [4.69, 9.17) is 4.84 Å². The number of rotatable bonds is 8. The lowest BCUT2D eigenvalue weighted by molar-refractivity contribution is 0.0951. The first-order chi connectivity index (χ1) is 17.3. The molecule has 36 heavy (non-hydrogen) atoms. The summed E-state index contributed by atoms with van der Waals surface area (Å²) in [5, 5.41) is 7.98. The standard InChI is InChI=1S/C30H32FN3O2/c1-19(2)29-28(30(35)32-17-23-12-11-20(3)26(31)15-23)25-14-13-24(21(4)33-36-5)16-27(25)34(29)18-22-9-7-6-8-10-22/h6-16,19H,17-18H2,1-5H3,(H,32,35)/b33-21+. The Morgan fingerprint density at radius 2 is 1.81 bits per heavy atom. The van der Waals surface area contributed by atoms with E-state index in [1.807, 2.05) is 43.3 Å². The van der Waals surface area contributed by atoms with E-state index in [1.54, 1.807) is 13.0 Å². The van der Waals surface area contributed by atoms with Gasteiger partial charge in [0, 0.05) is 29.7 Å². The Kier molecular flexibility index (Phi) is 7.53. The highest BCUT2D eigenvalue weighted by Crippen LogP contribution is 2.33. The summed E-state index contributed by atoms with van der Waals surface area (Å²) in [6.45, 7) is 8.69. The van der Waals surface area contributed by atoms with Crippen LogP contribution in [0.2, 0.25) is 0 Å². The molecule has 0 unspecified atom stereocenters. The molecular formula is C30H32FN3O2. The molecule has 3 aromatic carbocycles. The Hall–Kier alpha value is -3.93. The van der Waals surface area contributed by atoms with Crippen LogP contribution in [-0.4, -0.2) is 23.3 Å². The third kappa shape index (κ3) is 5.18. The smallest absolute Gasteiger partial charge is 0.254 e. The fourth-order valence-corrected chi connectivity index (χ4v) is 4.58. The summed E-state index contributed by atoms with van der Waals surface area (Å²) >= 11 is 0. The summed E-state index contributed by atoms with van der Waals surface area (Å²) in [5.41, 5.74) is 6.69. The van der Waals surface area contributed by atoms with Crippen molar-refractivity contribution in [3.8, 4) is 0 Å². The number of aryl methyl sites for hydroxylation is 1. The van der Waals surface area contributed by atoms with Gasteiger partial charge >= 0.3 is 0 Å². The quantitative estimate of drug-likeness (QED) is 0.227. The Balaban J connectivity index is 1.82. The molecule has 0 aliphatic carbocycles. The highest BCUT2D eigenvalue weighted by molar-refractivity contribution is 6.10. The van der Waals surface area contributed by atoms with Gasteiger partial charge in [-0.3, -0.25) is 4.79 Å². The van der Waals surface area contributed by atoms with E-state index in [-0.39, 0.29) is 24.2 Å². The molecule has 0 radical (unpaired) electrons. The van der Waals surface area contributed by atoms with Crippen molar-refractivity contribution in [2.45, 2.75) is 46.7 Å². The Morgan fingerprint density at radius 3 is 2.47 bits per heavy atom. The van der Waals surface area contributed by atoms with Crippen molar-refractivity contribution in [2.75, 3.05) is 7.11 Å². The topological polar surface area (TPSA) is 55.6 Å². The second kappa shape index (κ2) is 10.8. The summed E-state index contributed by atoms with van der Waals surface area (Å²) in [5.74, 6) is -0.355. The maximum absolute atomic E-state index is 14.0. The van der Waals surface area contributed by atoms with Crippen LogP contribution in [0.4, 0.5) is 4.39 Å². The molecule has 0 saturated carbocycles. The van der Waals surface area contributed by atoms with E-state index in [1.165, 1.54) is 13.2 Å². The molecule has 4 aromatic rings. The van der Waals surface area contributed by atoms with Crippen LogP contribution < -0.4 is 5.32 Å². The zero-order valence-electron chi connectivity index (χ0n) is 21.4. The van der Waals surface area contributed by atoms with Crippen LogP contribution in [0.1, 0.15) is 65.0 Å². The molecule has 0 bridgehead atoms. The molecule has 1 amide bonds. The van der Waals surface area contributed by atoms with E-state index < -0.39 is 0 Å². The fraction of sp³-hybridized carbons (Fsp3) is 0.267. The molecule has 1 heterocycles. The molecule has 0 atom stereocenters. The van der Waals surface area contributed by atoms with Gasteiger partial charge in [0.25, 0.3) is 5.91 Å². The van der Waals surface area contributed by atoms with Crippen molar-refractivity contribution < 1.29 is 14.0 Å². The van der Waals surface area contributed by atoms with Gasteiger partial charge in [-0.15, -0.1) is 0 Å². The average molecular weight is 486 g/mol. The number of hydrogen-bond donors (Lipinski definition) is 1. The molecule has 0 aliphatic heterocycles. The summed E-state index contributed by atoms with van der Waals surface area (Å²) in [6, 6.07) is 21.3. The monoisotopic (exact) mass is 485 g/mol. The summed E-state index contributed by atoms with van der Waals surface area (Å²) < 4.78 is 16.3. The molecule has 6 heteroatoms. The largest absolute Gasteiger partial charge is 0.399 e. The van der Waals surface area contributed by atoms with E-state index in [0.717, 1.165) is 39.0 Å². The number of fused-ring (bicyclic) bond motifs is 1. The highest BCUT2D eigenvalue weighted by Gasteiger charge is 2.25. The van der Waals surface area contributed by atoms with Gasteiger partial charge in [-0.1, -0.05) is 73.6 Å². The van der Waals surface area contributed by atoms with Crippen LogP contribution in [0, 0.1) is 12.7 Å². The zero-order valence-corrected chi connectivity index (χ0v) is 21.4. The molecule has 0 aliphatic rings. The number of carbonyl (C=O) groups excluding carboxylic acids is 1. The SMILES string of the molecule is CO/N=C(\C)c1ccc2c(C(=O)NCc3ccc(C)c(F)c3)c(C(C)C)n(Cc3ccccc3)c2c1. The fourth-order valence-electron chi connectivity index (χ4n) is 4.58. The Bertz CT molecular complexity index is 1420. The lowest BCUT2D eigenvalue weighted by Gasteiger charge is -2.16. The van der Waals surface area contributed by atoms with Crippen LogP contribution in [0.5, 0.6) is 0 Å². The van der Waals surface area contributed by atoms with Gasteiger partial charge in [0.05, 0.1) is 16.8 Å². The number of amides is 1.